The third-order valence-electron chi connectivity index (χ3n) is 5.77. The number of amides is 2. The summed E-state index contributed by atoms with van der Waals surface area (Å²) in [7, 11) is 1.76. The molecule has 2 amide bonds. The van der Waals surface area contributed by atoms with E-state index in [9.17, 15) is 9.59 Å². The normalized spacial score (nSPS) is 10.6. The van der Waals surface area contributed by atoms with Gasteiger partial charge in [-0.05, 0) is 72.5 Å². The van der Waals surface area contributed by atoms with Crippen molar-refractivity contribution in [3.63, 3.8) is 0 Å². The van der Waals surface area contributed by atoms with Gasteiger partial charge in [0, 0.05) is 55.5 Å². The molecule has 0 saturated carbocycles. The summed E-state index contributed by atoms with van der Waals surface area (Å²) in [6, 6.07) is 21.0. The van der Waals surface area contributed by atoms with E-state index in [1.807, 2.05) is 74.5 Å². The van der Waals surface area contributed by atoms with Crippen molar-refractivity contribution in [2.75, 3.05) is 7.05 Å². The van der Waals surface area contributed by atoms with Gasteiger partial charge in [0.25, 0.3) is 11.8 Å². The molecular formula is C29H28N4O2. The molecule has 4 aromatic rings. The lowest BCUT2D eigenvalue weighted by Gasteiger charge is -2.19. The molecular weight excluding hydrogens is 436 g/mol. The smallest absolute Gasteiger partial charge is 0.253 e. The first kappa shape index (κ1) is 23.8. The minimum atomic E-state index is -0.245. The Bertz CT molecular complexity index is 1320. The van der Waals surface area contributed by atoms with Crippen molar-refractivity contribution in [3.8, 4) is 11.1 Å². The molecule has 0 unspecified atom stereocenters. The lowest BCUT2D eigenvalue weighted by molar-refractivity contribution is 0.0785. The fourth-order valence-corrected chi connectivity index (χ4v) is 3.74. The number of hydrogen-bond acceptors (Lipinski definition) is 4. The van der Waals surface area contributed by atoms with Crippen molar-refractivity contribution < 1.29 is 9.59 Å². The number of carbonyl (C=O) groups excluding carboxylic acids is 2. The largest absolute Gasteiger partial charge is 0.348 e. The molecule has 2 aromatic carbocycles. The summed E-state index contributed by atoms with van der Waals surface area (Å²) in [4.78, 5) is 36.4. The number of nitrogens with zero attached hydrogens (tertiary/aromatic N) is 3. The van der Waals surface area contributed by atoms with Crippen LogP contribution in [-0.2, 0) is 13.1 Å². The molecule has 0 bridgehead atoms. The van der Waals surface area contributed by atoms with Crippen LogP contribution in [0.2, 0.25) is 0 Å². The Morgan fingerprint density at radius 2 is 1.54 bits per heavy atom. The van der Waals surface area contributed by atoms with Crippen LogP contribution in [0.1, 0.15) is 43.1 Å². The Labute approximate surface area is 205 Å². The summed E-state index contributed by atoms with van der Waals surface area (Å²) < 4.78 is 0. The average molecular weight is 465 g/mol. The zero-order valence-electron chi connectivity index (χ0n) is 20.2. The van der Waals surface area contributed by atoms with Gasteiger partial charge >= 0.3 is 0 Å². The van der Waals surface area contributed by atoms with Gasteiger partial charge in [0.15, 0.2) is 0 Å². The van der Waals surface area contributed by atoms with E-state index in [2.05, 4.69) is 15.3 Å². The molecule has 0 aliphatic heterocycles. The van der Waals surface area contributed by atoms with E-state index >= 15 is 0 Å². The van der Waals surface area contributed by atoms with E-state index in [-0.39, 0.29) is 11.8 Å². The summed E-state index contributed by atoms with van der Waals surface area (Å²) >= 11 is 0. The van der Waals surface area contributed by atoms with E-state index in [4.69, 9.17) is 0 Å². The summed E-state index contributed by atoms with van der Waals surface area (Å²) in [6.07, 6.45) is 5.16. The monoisotopic (exact) mass is 464 g/mol. The number of aryl methyl sites for hydroxylation is 2. The van der Waals surface area contributed by atoms with Gasteiger partial charge in [0.05, 0.1) is 0 Å². The van der Waals surface area contributed by atoms with Gasteiger partial charge in [-0.1, -0.05) is 35.9 Å². The number of benzene rings is 2. The average Bonchev–Trinajstić information content (AvgIpc) is 2.88. The van der Waals surface area contributed by atoms with Crippen LogP contribution in [-0.4, -0.2) is 33.7 Å². The number of carbonyl (C=O) groups is 2. The number of pyridine rings is 2. The third-order valence-corrected chi connectivity index (χ3v) is 5.77. The molecule has 176 valence electrons. The first-order valence-corrected chi connectivity index (χ1v) is 11.5. The van der Waals surface area contributed by atoms with Gasteiger partial charge in [0.2, 0.25) is 0 Å². The Morgan fingerprint density at radius 1 is 0.829 bits per heavy atom. The van der Waals surface area contributed by atoms with Crippen LogP contribution in [0, 0.1) is 13.8 Å². The highest BCUT2D eigenvalue weighted by Crippen LogP contribution is 2.24. The molecule has 1 N–H and O–H groups in total. The van der Waals surface area contributed by atoms with Gasteiger partial charge in [-0.25, -0.2) is 0 Å². The standard InChI is InChI=1S/C29H28N4O2/c1-20-4-8-24(9-5-20)25-14-26(28(34)32-18-23-7-6-21(2)31-17-23)16-27(15-25)29(35)33(3)19-22-10-12-30-13-11-22/h4-17H,18-19H2,1-3H3,(H,32,34). The van der Waals surface area contributed by atoms with E-state index in [1.165, 1.54) is 0 Å². The number of aromatic nitrogens is 2. The van der Waals surface area contributed by atoms with Crippen molar-refractivity contribution in [2.24, 2.45) is 0 Å². The number of rotatable bonds is 7. The molecule has 2 heterocycles. The lowest BCUT2D eigenvalue weighted by Crippen LogP contribution is -2.27. The minimum Gasteiger partial charge on any atom is -0.348 e. The summed E-state index contributed by atoms with van der Waals surface area (Å²) in [6.45, 7) is 4.74. The maximum atomic E-state index is 13.3. The zero-order chi connectivity index (χ0) is 24.8. The van der Waals surface area contributed by atoms with Crippen LogP contribution in [0.5, 0.6) is 0 Å². The first-order valence-electron chi connectivity index (χ1n) is 11.5. The molecule has 6 heteroatoms. The molecule has 4 rings (SSSR count). The Balaban J connectivity index is 1.62. The molecule has 0 aliphatic carbocycles. The van der Waals surface area contributed by atoms with E-state index in [0.29, 0.717) is 24.2 Å². The number of nitrogens with one attached hydrogen (secondary N) is 1. The maximum Gasteiger partial charge on any atom is 0.253 e. The lowest BCUT2D eigenvalue weighted by atomic mass is 9.98. The van der Waals surface area contributed by atoms with Crippen molar-refractivity contribution in [2.45, 2.75) is 26.9 Å². The number of hydrogen-bond donors (Lipinski definition) is 1. The molecule has 0 radical (unpaired) electrons. The molecule has 0 fully saturated rings. The molecule has 35 heavy (non-hydrogen) atoms. The van der Waals surface area contributed by atoms with Crippen LogP contribution in [0.15, 0.2) is 85.3 Å². The summed E-state index contributed by atoms with van der Waals surface area (Å²) in [5.74, 6) is -0.405. The first-order chi connectivity index (χ1) is 16.9. The van der Waals surface area contributed by atoms with Gasteiger partial charge < -0.3 is 10.2 Å². The zero-order valence-corrected chi connectivity index (χ0v) is 20.2. The van der Waals surface area contributed by atoms with Crippen molar-refractivity contribution in [1.29, 1.82) is 0 Å². The highest BCUT2D eigenvalue weighted by atomic mass is 16.2. The van der Waals surface area contributed by atoms with Crippen LogP contribution < -0.4 is 5.32 Å². The minimum absolute atomic E-state index is 0.160. The van der Waals surface area contributed by atoms with Gasteiger partial charge in [-0.2, -0.15) is 0 Å². The van der Waals surface area contributed by atoms with E-state index in [1.54, 1.807) is 36.6 Å². The van der Waals surface area contributed by atoms with Crippen LogP contribution in [0.3, 0.4) is 0 Å². The van der Waals surface area contributed by atoms with E-state index in [0.717, 1.165) is 33.5 Å². The maximum absolute atomic E-state index is 13.3. The molecule has 0 atom stereocenters. The molecule has 6 nitrogen and oxygen atoms in total. The van der Waals surface area contributed by atoms with Crippen molar-refractivity contribution >= 4 is 11.8 Å². The Hall–Kier alpha value is -4.32. The second-order valence-electron chi connectivity index (χ2n) is 8.67. The highest BCUT2D eigenvalue weighted by Gasteiger charge is 2.17. The quantitative estimate of drug-likeness (QED) is 0.419. The van der Waals surface area contributed by atoms with Crippen LogP contribution >= 0.6 is 0 Å². The summed E-state index contributed by atoms with van der Waals surface area (Å²) in [5, 5.41) is 2.95. The highest BCUT2D eigenvalue weighted by molar-refractivity contribution is 6.01. The van der Waals surface area contributed by atoms with Crippen molar-refractivity contribution in [3.05, 3.63) is 119 Å². The SMILES string of the molecule is Cc1ccc(-c2cc(C(=O)NCc3ccc(C)nc3)cc(C(=O)N(C)Cc3ccncc3)c2)cc1. The Kier molecular flexibility index (Phi) is 7.31. The van der Waals surface area contributed by atoms with Gasteiger partial charge in [0.1, 0.15) is 0 Å². The van der Waals surface area contributed by atoms with Crippen LogP contribution in [0.25, 0.3) is 11.1 Å². The molecule has 2 aromatic heterocycles. The predicted molar refractivity (Wildman–Crippen MR) is 137 cm³/mol. The predicted octanol–water partition coefficient (Wildman–Crippen LogP) is 4.96. The van der Waals surface area contributed by atoms with Gasteiger partial charge in [-0.15, -0.1) is 0 Å². The van der Waals surface area contributed by atoms with Crippen molar-refractivity contribution in [1.82, 2.24) is 20.2 Å². The van der Waals surface area contributed by atoms with E-state index < -0.39 is 0 Å². The third kappa shape index (κ3) is 6.18. The fraction of sp³-hybridized carbons (Fsp3) is 0.172. The molecule has 0 aliphatic rings. The van der Waals surface area contributed by atoms with Crippen LogP contribution in [0.4, 0.5) is 0 Å². The topological polar surface area (TPSA) is 75.2 Å². The summed E-state index contributed by atoms with van der Waals surface area (Å²) in [5.41, 5.74) is 6.61. The Morgan fingerprint density at radius 3 is 2.23 bits per heavy atom. The van der Waals surface area contributed by atoms with Gasteiger partial charge in [-0.3, -0.25) is 19.6 Å². The molecule has 0 saturated heterocycles. The second kappa shape index (κ2) is 10.7. The molecule has 0 spiro atoms. The fourth-order valence-electron chi connectivity index (χ4n) is 3.74. The second-order valence-corrected chi connectivity index (χ2v) is 8.67.